The number of hydrogen-bond donors (Lipinski definition) is 0. The van der Waals surface area contributed by atoms with E-state index < -0.39 is 6.85 Å². The maximum atomic E-state index is 10.5. The van der Waals surface area contributed by atoms with Gasteiger partial charge in [-0.25, -0.2) is 0 Å². The molecule has 216 valence electrons. The van der Waals surface area contributed by atoms with Gasteiger partial charge < -0.3 is 9.05 Å². The second-order valence-electron chi connectivity index (χ2n) is 12.1. The largest absolute Gasteiger partial charge is 0.374 e. The minimum absolute atomic E-state index is 0.338. The summed E-state index contributed by atoms with van der Waals surface area (Å²) >= 11 is 1.81. The van der Waals surface area contributed by atoms with E-state index in [4.69, 9.17) is 0 Å². The number of thiophene rings is 1. The quantitative estimate of drug-likeness (QED) is 0.175. The SMILES string of the molecule is N#Cc1cc(C#N)c2c(c1)c1cc(C#N)cc(C#N)c1n2B1c2ccccc2-n2c3ccc4c5ccccc5sc4c3c3cccc1c32. The monoisotopic (exact) mass is 624 g/mol. The highest BCUT2D eigenvalue weighted by Gasteiger charge is 2.37. The Morgan fingerprint density at radius 1 is 0.542 bits per heavy atom. The van der Waals surface area contributed by atoms with Gasteiger partial charge in [0.05, 0.1) is 56.5 Å². The van der Waals surface area contributed by atoms with Gasteiger partial charge in [0, 0.05) is 47.4 Å². The van der Waals surface area contributed by atoms with Gasteiger partial charge in [0.1, 0.15) is 12.1 Å². The predicted octanol–water partition coefficient (Wildman–Crippen LogP) is 7.71. The van der Waals surface area contributed by atoms with Crippen LogP contribution in [0, 0.1) is 45.3 Å². The molecule has 1 aliphatic rings. The van der Waals surface area contributed by atoms with Crippen LogP contribution < -0.4 is 10.9 Å². The second-order valence-corrected chi connectivity index (χ2v) is 13.2. The molecular formula is C40H17BN6S. The highest BCUT2D eigenvalue weighted by molar-refractivity contribution is 7.26. The third kappa shape index (κ3) is 3.17. The highest BCUT2D eigenvalue weighted by Crippen LogP contribution is 2.44. The summed E-state index contributed by atoms with van der Waals surface area (Å²) in [4.78, 5) is 0. The molecule has 0 unspecified atom stereocenters. The standard InChI is InChI=1S/C40H17BN6S/c42-18-22-14-24(20-44)37-29(16-22)30-17-23(19-43)15-25(21-45)38(30)47(37)41-31-8-2-3-10-33(31)46-34-13-12-27-26-6-1-4-11-35(26)48-40(27)36(34)28-7-5-9-32(41)39(28)46/h1-17H. The second kappa shape index (κ2) is 9.35. The average molecular weight is 624 g/mol. The molecule has 1 aliphatic heterocycles. The lowest BCUT2D eigenvalue weighted by Gasteiger charge is -2.28. The van der Waals surface area contributed by atoms with Crippen LogP contribution in [-0.4, -0.2) is 15.9 Å². The number of nitriles is 4. The van der Waals surface area contributed by atoms with Gasteiger partial charge >= 0.3 is 6.85 Å². The number of hydrogen-bond acceptors (Lipinski definition) is 5. The van der Waals surface area contributed by atoms with Crippen molar-refractivity contribution in [3.63, 3.8) is 0 Å². The molecule has 3 aromatic heterocycles. The predicted molar refractivity (Wildman–Crippen MR) is 192 cm³/mol. The molecule has 8 heteroatoms. The normalized spacial score (nSPS) is 12.0. The molecule has 6 nitrogen and oxygen atoms in total. The summed E-state index contributed by atoms with van der Waals surface area (Å²) < 4.78 is 6.96. The molecule has 0 saturated heterocycles. The fraction of sp³-hybridized carbons (Fsp3) is 0. The van der Waals surface area contributed by atoms with Crippen molar-refractivity contribution in [3.05, 3.63) is 125 Å². The molecule has 0 spiro atoms. The molecular weight excluding hydrogens is 607 g/mol. The summed E-state index contributed by atoms with van der Waals surface area (Å²) in [7, 11) is 0. The van der Waals surface area contributed by atoms with Crippen molar-refractivity contribution < 1.29 is 0 Å². The molecule has 4 heterocycles. The van der Waals surface area contributed by atoms with E-state index in [1.807, 2.05) is 23.5 Å². The van der Waals surface area contributed by atoms with E-state index in [2.05, 4.69) is 100 Å². The third-order valence-electron chi connectivity index (χ3n) is 9.84. The zero-order valence-electron chi connectivity index (χ0n) is 25.0. The van der Waals surface area contributed by atoms with E-state index in [1.54, 1.807) is 24.3 Å². The number of rotatable bonds is 1. The maximum absolute atomic E-state index is 10.5. The fourth-order valence-electron chi connectivity index (χ4n) is 8.07. The first-order valence-electron chi connectivity index (χ1n) is 15.4. The lowest BCUT2D eigenvalue weighted by molar-refractivity contribution is 1.18. The van der Waals surface area contributed by atoms with Crippen LogP contribution in [0.25, 0.3) is 69.5 Å². The third-order valence-corrected chi connectivity index (χ3v) is 11.0. The van der Waals surface area contributed by atoms with Crippen LogP contribution in [-0.2, 0) is 0 Å². The molecule has 0 atom stereocenters. The molecule has 0 amide bonds. The zero-order chi connectivity index (χ0) is 32.3. The Kier molecular flexibility index (Phi) is 5.14. The Labute approximate surface area is 277 Å². The van der Waals surface area contributed by atoms with Crippen molar-refractivity contribution in [3.8, 4) is 30.0 Å². The molecule has 0 saturated carbocycles. The summed E-state index contributed by atoms with van der Waals surface area (Å²) in [6.45, 7) is -0.417. The molecule has 0 N–H and O–H groups in total. The van der Waals surface area contributed by atoms with E-state index >= 15 is 0 Å². The first-order chi connectivity index (χ1) is 23.6. The van der Waals surface area contributed by atoms with E-state index in [1.165, 1.54) is 25.6 Å². The Hall–Kier alpha value is -6.84. The maximum Gasteiger partial charge on any atom is 0.332 e. The van der Waals surface area contributed by atoms with Crippen LogP contribution in [0.1, 0.15) is 22.3 Å². The van der Waals surface area contributed by atoms with Crippen molar-refractivity contribution in [1.29, 1.82) is 21.0 Å². The number of benzene rings is 6. The average Bonchev–Trinajstić information content (AvgIpc) is 3.79. The van der Waals surface area contributed by atoms with Gasteiger partial charge in [0.2, 0.25) is 0 Å². The van der Waals surface area contributed by atoms with E-state index in [0.29, 0.717) is 44.1 Å². The van der Waals surface area contributed by atoms with Crippen molar-refractivity contribution in [2.45, 2.75) is 0 Å². The number of nitrogens with zero attached hydrogens (tertiary/aromatic N) is 6. The van der Waals surface area contributed by atoms with Crippen LogP contribution in [0.5, 0.6) is 0 Å². The van der Waals surface area contributed by atoms with Gasteiger partial charge in [-0.05, 0) is 53.4 Å². The van der Waals surface area contributed by atoms with Crippen molar-refractivity contribution in [1.82, 2.24) is 9.05 Å². The summed E-state index contributed by atoms with van der Waals surface area (Å²) in [5, 5.41) is 47.0. The number of fused-ring (bicyclic) bond motifs is 12. The lowest BCUT2D eigenvalue weighted by atomic mass is 9.48. The molecule has 9 aromatic rings. The molecule has 0 aliphatic carbocycles. The van der Waals surface area contributed by atoms with Gasteiger partial charge in [-0.2, -0.15) is 21.0 Å². The van der Waals surface area contributed by atoms with Crippen molar-refractivity contribution in [2.24, 2.45) is 0 Å². The van der Waals surface area contributed by atoms with Crippen molar-refractivity contribution >= 4 is 92.9 Å². The molecule has 6 aromatic carbocycles. The summed E-state index contributed by atoms with van der Waals surface area (Å²) in [6.07, 6.45) is 0. The molecule has 0 radical (unpaired) electrons. The Morgan fingerprint density at radius 3 is 1.90 bits per heavy atom. The Bertz CT molecular complexity index is 3040. The topological polar surface area (TPSA) is 105 Å². The van der Waals surface area contributed by atoms with E-state index in [0.717, 1.165) is 33.0 Å². The van der Waals surface area contributed by atoms with Gasteiger partial charge in [-0.15, -0.1) is 11.3 Å². The Morgan fingerprint density at radius 2 is 1.19 bits per heavy atom. The molecule has 48 heavy (non-hydrogen) atoms. The summed E-state index contributed by atoms with van der Waals surface area (Å²) in [6, 6.07) is 43.6. The first kappa shape index (κ1) is 26.4. The Balaban J connectivity index is 1.43. The van der Waals surface area contributed by atoms with Crippen LogP contribution in [0.2, 0.25) is 0 Å². The minimum atomic E-state index is -0.417. The highest BCUT2D eigenvalue weighted by atomic mass is 32.1. The summed E-state index contributed by atoms with van der Waals surface area (Å²) in [5.74, 6) is 0. The van der Waals surface area contributed by atoms with Crippen molar-refractivity contribution in [2.75, 3.05) is 0 Å². The van der Waals surface area contributed by atoms with Crippen LogP contribution >= 0.6 is 11.3 Å². The summed E-state index contributed by atoms with van der Waals surface area (Å²) in [5.41, 5.74) is 7.91. The van der Waals surface area contributed by atoms with E-state index in [-0.39, 0.29) is 0 Å². The lowest BCUT2D eigenvalue weighted by Crippen LogP contribution is -2.53. The van der Waals surface area contributed by atoms with Gasteiger partial charge in [-0.3, -0.25) is 0 Å². The van der Waals surface area contributed by atoms with Gasteiger partial charge in [-0.1, -0.05) is 60.7 Å². The number of para-hydroxylation sites is 2. The zero-order valence-corrected chi connectivity index (χ0v) is 25.8. The van der Waals surface area contributed by atoms with Gasteiger partial charge in [0.15, 0.2) is 0 Å². The molecule has 10 rings (SSSR count). The van der Waals surface area contributed by atoms with E-state index in [9.17, 15) is 21.0 Å². The van der Waals surface area contributed by atoms with Crippen LogP contribution in [0.3, 0.4) is 0 Å². The number of aromatic nitrogens is 2. The smallest absolute Gasteiger partial charge is 0.332 e. The van der Waals surface area contributed by atoms with Crippen LogP contribution in [0.15, 0.2) is 103 Å². The van der Waals surface area contributed by atoms with Crippen LogP contribution in [0.4, 0.5) is 0 Å². The molecule has 0 fully saturated rings. The van der Waals surface area contributed by atoms with Gasteiger partial charge in [0.25, 0.3) is 0 Å². The minimum Gasteiger partial charge on any atom is -0.374 e. The first-order valence-corrected chi connectivity index (χ1v) is 16.2. The fourth-order valence-corrected chi connectivity index (χ4v) is 9.32. The molecule has 0 bridgehead atoms.